The first-order valence-corrected chi connectivity index (χ1v) is 7.05. The van der Waals surface area contributed by atoms with Gasteiger partial charge in [0.15, 0.2) is 0 Å². The lowest BCUT2D eigenvalue weighted by atomic mass is 9.84. The molecule has 0 spiro atoms. The highest BCUT2D eigenvalue weighted by molar-refractivity contribution is 6.39. The molecular weight excluding hydrogens is 302 g/mol. The Morgan fingerprint density at radius 2 is 1.85 bits per heavy atom. The molecule has 0 saturated carbocycles. The molecule has 0 saturated heterocycles. The Labute approximate surface area is 128 Å². The number of nitrogens with two attached hydrogens (primary N) is 1. The van der Waals surface area contributed by atoms with Gasteiger partial charge in [0.25, 0.3) is 0 Å². The predicted octanol–water partition coefficient (Wildman–Crippen LogP) is 4.08. The fourth-order valence-corrected chi connectivity index (χ4v) is 2.46. The maximum absolute atomic E-state index is 13.1. The number of halogens is 3. The third-order valence-electron chi connectivity index (χ3n) is 2.77. The van der Waals surface area contributed by atoms with Gasteiger partial charge in [-0.15, -0.1) is 0 Å². The lowest BCUT2D eigenvalue weighted by Crippen LogP contribution is -2.32. The van der Waals surface area contributed by atoms with Gasteiger partial charge in [-0.3, -0.25) is 4.79 Å². The summed E-state index contributed by atoms with van der Waals surface area (Å²) >= 11 is 11.8. The molecule has 0 radical (unpaired) electrons. The summed E-state index contributed by atoms with van der Waals surface area (Å²) in [6.45, 7) is 6.31. The minimum absolute atomic E-state index is 0.0300. The third-order valence-corrected chi connectivity index (χ3v) is 3.37. The smallest absolute Gasteiger partial charge is 0.228 e. The van der Waals surface area contributed by atoms with Crippen LogP contribution in [0.1, 0.15) is 27.2 Å². The van der Waals surface area contributed by atoms with Gasteiger partial charge in [0.05, 0.1) is 21.7 Å². The zero-order valence-electron chi connectivity index (χ0n) is 11.8. The maximum atomic E-state index is 13.1. The van der Waals surface area contributed by atoms with Crippen molar-refractivity contribution in [2.45, 2.75) is 27.2 Å². The van der Waals surface area contributed by atoms with Crippen molar-refractivity contribution in [3.63, 3.8) is 0 Å². The molecule has 0 aliphatic carbocycles. The van der Waals surface area contributed by atoms with Crippen molar-refractivity contribution >= 4 is 34.8 Å². The van der Waals surface area contributed by atoms with E-state index in [1.807, 2.05) is 20.8 Å². The molecule has 0 heterocycles. The molecule has 0 aliphatic rings. The lowest BCUT2D eigenvalue weighted by Gasteiger charge is -2.24. The molecule has 1 atom stereocenters. The number of anilines is 1. The van der Waals surface area contributed by atoms with Gasteiger partial charge in [-0.1, -0.05) is 44.0 Å². The Bertz CT molecular complexity index is 477. The summed E-state index contributed by atoms with van der Waals surface area (Å²) in [5.41, 5.74) is 5.83. The molecule has 1 aromatic rings. The van der Waals surface area contributed by atoms with Crippen LogP contribution in [0, 0.1) is 17.2 Å². The number of carbonyl (C=O) groups is 1. The summed E-state index contributed by atoms with van der Waals surface area (Å²) < 4.78 is 13.1. The van der Waals surface area contributed by atoms with Crippen LogP contribution in [0.3, 0.4) is 0 Å². The average Bonchev–Trinajstić information content (AvgIpc) is 2.29. The van der Waals surface area contributed by atoms with E-state index in [1.54, 1.807) is 0 Å². The lowest BCUT2D eigenvalue weighted by molar-refractivity contribution is -0.120. The van der Waals surface area contributed by atoms with Crippen LogP contribution in [0.5, 0.6) is 0 Å². The third kappa shape index (κ3) is 4.93. The van der Waals surface area contributed by atoms with Crippen LogP contribution in [-0.4, -0.2) is 12.5 Å². The second kappa shape index (κ2) is 6.74. The molecule has 0 fully saturated rings. The molecule has 0 bridgehead atoms. The SMILES string of the molecule is CC(C)(C)CC(CN)C(=O)Nc1c(Cl)cc(F)cc1Cl. The minimum atomic E-state index is -0.553. The van der Waals surface area contributed by atoms with E-state index in [0.717, 1.165) is 12.1 Å². The fraction of sp³-hybridized carbons (Fsp3) is 0.500. The quantitative estimate of drug-likeness (QED) is 0.878. The summed E-state index contributed by atoms with van der Waals surface area (Å²) in [4.78, 5) is 12.2. The van der Waals surface area contributed by atoms with Crippen molar-refractivity contribution in [3.8, 4) is 0 Å². The van der Waals surface area contributed by atoms with Gasteiger partial charge >= 0.3 is 0 Å². The average molecular weight is 321 g/mol. The topological polar surface area (TPSA) is 55.1 Å². The highest BCUT2D eigenvalue weighted by atomic mass is 35.5. The molecule has 20 heavy (non-hydrogen) atoms. The Morgan fingerprint density at radius 1 is 1.35 bits per heavy atom. The fourth-order valence-electron chi connectivity index (χ4n) is 1.91. The number of rotatable bonds is 4. The highest BCUT2D eigenvalue weighted by Gasteiger charge is 2.25. The van der Waals surface area contributed by atoms with Gasteiger partial charge in [0, 0.05) is 6.54 Å². The van der Waals surface area contributed by atoms with Crippen molar-refractivity contribution in [2.24, 2.45) is 17.1 Å². The van der Waals surface area contributed by atoms with Gasteiger partial charge < -0.3 is 11.1 Å². The molecule has 112 valence electrons. The first kappa shape index (κ1) is 17.2. The van der Waals surface area contributed by atoms with Crippen LogP contribution in [0.2, 0.25) is 10.0 Å². The van der Waals surface area contributed by atoms with Gasteiger partial charge in [0.1, 0.15) is 5.82 Å². The number of nitrogens with one attached hydrogen (secondary N) is 1. The van der Waals surface area contributed by atoms with Crippen LogP contribution in [0.4, 0.5) is 10.1 Å². The Morgan fingerprint density at radius 3 is 2.25 bits per heavy atom. The van der Waals surface area contributed by atoms with Gasteiger partial charge in [-0.25, -0.2) is 4.39 Å². The molecule has 1 amide bonds. The van der Waals surface area contributed by atoms with E-state index in [1.165, 1.54) is 0 Å². The summed E-state index contributed by atoms with van der Waals surface area (Å²) in [5, 5.41) is 2.76. The Hall–Kier alpha value is -0.840. The number of benzene rings is 1. The van der Waals surface area contributed by atoms with Crippen molar-refractivity contribution in [1.29, 1.82) is 0 Å². The standard InChI is InChI=1S/C14H19Cl2FN2O/c1-14(2,3)6-8(7-18)13(20)19-12-10(15)4-9(17)5-11(12)16/h4-5,8H,6-7,18H2,1-3H3,(H,19,20). The second-order valence-electron chi connectivity index (χ2n) is 5.93. The van der Waals surface area contributed by atoms with Crippen LogP contribution in [0.15, 0.2) is 12.1 Å². The zero-order chi connectivity index (χ0) is 15.5. The summed E-state index contributed by atoms with van der Waals surface area (Å²) in [6.07, 6.45) is 0.631. The second-order valence-corrected chi connectivity index (χ2v) is 6.75. The van der Waals surface area contributed by atoms with Crippen LogP contribution < -0.4 is 11.1 Å². The van der Waals surface area contributed by atoms with Crippen molar-refractivity contribution in [3.05, 3.63) is 28.0 Å². The highest BCUT2D eigenvalue weighted by Crippen LogP contribution is 2.32. The maximum Gasteiger partial charge on any atom is 0.228 e. The van der Waals surface area contributed by atoms with Crippen molar-refractivity contribution in [1.82, 2.24) is 0 Å². The summed E-state index contributed by atoms with van der Waals surface area (Å²) in [6, 6.07) is 2.20. The normalized spacial score (nSPS) is 13.2. The molecule has 1 aromatic carbocycles. The van der Waals surface area contributed by atoms with E-state index in [-0.39, 0.29) is 39.5 Å². The van der Waals surface area contributed by atoms with E-state index in [9.17, 15) is 9.18 Å². The molecule has 6 heteroatoms. The van der Waals surface area contributed by atoms with E-state index in [0.29, 0.717) is 6.42 Å². The number of hydrogen-bond donors (Lipinski definition) is 2. The number of carbonyl (C=O) groups excluding carboxylic acids is 1. The van der Waals surface area contributed by atoms with Gasteiger partial charge in [-0.05, 0) is 24.0 Å². The molecule has 1 rings (SSSR count). The summed E-state index contributed by atoms with van der Waals surface area (Å²) in [7, 11) is 0. The van der Waals surface area contributed by atoms with Crippen LogP contribution in [-0.2, 0) is 4.79 Å². The number of amides is 1. The van der Waals surface area contributed by atoms with E-state index in [2.05, 4.69) is 5.32 Å². The predicted molar refractivity (Wildman–Crippen MR) is 81.7 cm³/mol. The zero-order valence-corrected chi connectivity index (χ0v) is 13.3. The van der Waals surface area contributed by atoms with E-state index < -0.39 is 5.82 Å². The molecule has 0 aromatic heterocycles. The molecule has 3 nitrogen and oxygen atoms in total. The van der Waals surface area contributed by atoms with Crippen LogP contribution in [0.25, 0.3) is 0 Å². The van der Waals surface area contributed by atoms with Crippen molar-refractivity contribution in [2.75, 3.05) is 11.9 Å². The molecule has 1 unspecified atom stereocenters. The van der Waals surface area contributed by atoms with Crippen molar-refractivity contribution < 1.29 is 9.18 Å². The first-order chi connectivity index (χ1) is 9.14. The van der Waals surface area contributed by atoms with E-state index in [4.69, 9.17) is 28.9 Å². The first-order valence-electron chi connectivity index (χ1n) is 6.29. The minimum Gasteiger partial charge on any atom is -0.330 e. The van der Waals surface area contributed by atoms with Gasteiger partial charge in [-0.2, -0.15) is 0 Å². The van der Waals surface area contributed by atoms with Gasteiger partial charge in [0.2, 0.25) is 5.91 Å². The molecule has 3 N–H and O–H groups in total. The van der Waals surface area contributed by atoms with E-state index >= 15 is 0 Å². The van der Waals surface area contributed by atoms with Crippen LogP contribution >= 0.6 is 23.2 Å². The largest absolute Gasteiger partial charge is 0.330 e. The summed E-state index contributed by atoms with van der Waals surface area (Å²) in [5.74, 6) is -1.17. The molecule has 0 aliphatic heterocycles. The number of hydrogen-bond acceptors (Lipinski definition) is 2. The monoisotopic (exact) mass is 320 g/mol. The Balaban J connectivity index is 2.89. The Kier molecular flexibility index (Phi) is 5.80. The molecular formula is C14H19Cl2FN2O.